The lowest BCUT2D eigenvalue weighted by atomic mass is 9.69. The monoisotopic (exact) mass is 228 g/mol. The fraction of sp³-hybridized carbons (Fsp3) is 0.917. The van der Waals surface area contributed by atoms with Gasteiger partial charge in [0.2, 0.25) is 0 Å². The minimum Gasteiger partial charge on any atom is -0.461 e. The van der Waals surface area contributed by atoms with Gasteiger partial charge in [0.1, 0.15) is 6.10 Å². The molecule has 1 aliphatic carbocycles. The molecule has 0 amide bonds. The maximum Gasteiger partial charge on any atom is 0.312 e. The lowest BCUT2D eigenvalue weighted by molar-refractivity contribution is -0.192. The average molecular weight is 228 g/mol. The number of carbonyl (C=O) groups excluding carboxylic acids is 1. The molecule has 16 heavy (non-hydrogen) atoms. The zero-order valence-electron chi connectivity index (χ0n) is 9.85. The summed E-state index contributed by atoms with van der Waals surface area (Å²) in [5, 5.41) is 19.5. The van der Waals surface area contributed by atoms with Crippen molar-refractivity contribution in [3.05, 3.63) is 0 Å². The van der Waals surface area contributed by atoms with Gasteiger partial charge in [0.25, 0.3) is 0 Å². The zero-order valence-corrected chi connectivity index (χ0v) is 9.85. The minimum absolute atomic E-state index is 0.00829. The van der Waals surface area contributed by atoms with E-state index in [1.165, 1.54) is 0 Å². The molecule has 0 bridgehead atoms. The Balaban J connectivity index is 2.16. The molecule has 0 radical (unpaired) electrons. The smallest absolute Gasteiger partial charge is 0.312 e. The molecule has 2 fully saturated rings. The van der Waals surface area contributed by atoms with Gasteiger partial charge in [0, 0.05) is 12.3 Å². The van der Waals surface area contributed by atoms with Crippen molar-refractivity contribution < 1.29 is 19.7 Å². The van der Waals surface area contributed by atoms with Gasteiger partial charge in [-0.05, 0) is 26.2 Å². The summed E-state index contributed by atoms with van der Waals surface area (Å²) in [5.41, 5.74) is -0.468. The van der Waals surface area contributed by atoms with E-state index in [-0.39, 0.29) is 18.0 Å². The van der Waals surface area contributed by atoms with Crippen LogP contribution in [0.5, 0.6) is 0 Å². The van der Waals surface area contributed by atoms with E-state index in [4.69, 9.17) is 4.74 Å². The first-order chi connectivity index (χ1) is 7.46. The summed E-state index contributed by atoms with van der Waals surface area (Å²) in [4.78, 5) is 11.8. The lowest BCUT2D eigenvalue weighted by Gasteiger charge is -2.46. The van der Waals surface area contributed by atoms with Gasteiger partial charge in [0.15, 0.2) is 0 Å². The van der Waals surface area contributed by atoms with Crippen molar-refractivity contribution in [3.8, 4) is 0 Å². The summed E-state index contributed by atoms with van der Waals surface area (Å²) in [5.74, 6) is -0.191. The normalized spacial score (nSPS) is 48.4. The van der Waals surface area contributed by atoms with Gasteiger partial charge in [-0.25, -0.2) is 0 Å². The third-order valence-corrected chi connectivity index (χ3v) is 4.21. The lowest BCUT2D eigenvalue weighted by Crippen LogP contribution is -2.52. The maximum absolute atomic E-state index is 11.8. The molecule has 1 heterocycles. The van der Waals surface area contributed by atoms with E-state index in [1.807, 2.05) is 13.8 Å². The first-order valence-corrected chi connectivity index (χ1v) is 6.03. The minimum atomic E-state index is -0.548. The molecule has 4 heteroatoms. The third-order valence-electron chi connectivity index (χ3n) is 4.21. The number of fused-ring (bicyclic) bond motifs is 1. The second kappa shape index (κ2) is 4.00. The first kappa shape index (κ1) is 11.9. The van der Waals surface area contributed by atoms with E-state index in [0.717, 1.165) is 6.42 Å². The van der Waals surface area contributed by atoms with Crippen molar-refractivity contribution in [3.63, 3.8) is 0 Å². The van der Waals surface area contributed by atoms with Crippen LogP contribution in [0, 0.1) is 11.3 Å². The van der Waals surface area contributed by atoms with Gasteiger partial charge in [-0.3, -0.25) is 4.79 Å². The third kappa shape index (κ3) is 1.84. The van der Waals surface area contributed by atoms with Crippen LogP contribution in [-0.4, -0.2) is 34.5 Å². The van der Waals surface area contributed by atoms with E-state index in [9.17, 15) is 15.0 Å². The molecule has 0 aromatic heterocycles. The van der Waals surface area contributed by atoms with Gasteiger partial charge in [-0.2, -0.15) is 0 Å². The molecule has 0 aromatic carbocycles. The Labute approximate surface area is 95.6 Å². The van der Waals surface area contributed by atoms with Crippen LogP contribution >= 0.6 is 0 Å². The van der Waals surface area contributed by atoms with Crippen LogP contribution in [0.25, 0.3) is 0 Å². The summed E-state index contributed by atoms with van der Waals surface area (Å²) in [7, 11) is 0. The summed E-state index contributed by atoms with van der Waals surface area (Å²) in [6.45, 7) is 3.86. The summed E-state index contributed by atoms with van der Waals surface area (Å²) < 4.78 is 5.38. The van der Waals surface area contributed by atoms with E-state index >= 15 is 0 Å². The second-order valence-electron chi connectivity index (χ2n) is 5.42. The first-order valence-electron chi connectivity index (χ1n) is 6.03. The van der Waals surface area contributed by atoms with E-state index in [1.54, 1.807) is 0 Å². The van der Waals surface area contributed by atoms with Crippen molar-refractivity contribution >= 4 is 5.97 Å². The number of hydrogen-bond donors (Lipinski definition) is 2. The Kier molecular flexibility index (Phi) is 2.97. The number of carbonyl (C=O) groups is 1. The molecule has 2 rings (SSSR count). The molecule has 2 N–H and O–H groups in total. The summed E-state index contributed by atoms with van der Waals surface area (Å²) in [6, 6.07) is 0. The topological polar surface area (TPSA) is 66.8 Å². The largest absolute Gasteiger partial charge is 0.461 e. The molecule has 1 saturated carbocycles. The molecular weight excluding hydrogens is 208 g/mol. The number of aliphatic hydroxyl groups excluding tert-OH is 2. The molecule has 4 nitrogen and oxygen atoms in total. The van der Waals surface area contributed by atoms with Crippen LogP contribution in [0.15, 0.2) is 0 Å². The van der Waals surface area contributed by atoms with Crippen LogP contribution in [0.1, 0.15) is 39.5 Å². The number of rotatable bonds is 1. The highest BCUT2D eigenvalue weighted by Gasteiger charge is 2.49. The standard InChI is InChI=1S/C12H20O4/c1-3-12(2)6-8-9(14)4-7(13)5-10(8)16-11(12)15/h7-10,13-14H,3-6H2,1-2H3. The number of aliphatic hydroxyl groups is 2. The Morgan fingerprint density at radius 1 is 1.44 bits per heavy atom. The van der Waals surface area contributed by atoms with Crippen LogP contribution in [0.3, 0.4) is 0 Å². The van der Waals surface area contributed by atoms with Crippen LogP contribution in [0.4, 0.5) is 0 Å². The van der Waals surface area contributed by atoms with Crippen LogP contribution < -0.4 is 0 Å². The fourth-order valence-electron chi connectivity index (χ4n) is 2.82. The zero-order chi connectivity index (χ0) is 11.9. The van der Waals surface area contributed by atoms with Gasteiger partial charge in [0.05, 0.1) is 17.6 Å². The highest BCUT2D eigenvalue weighted by atomic mass is 16.5. The molecule has 0 spiro atoms. The molecule has 1 aliphatic heterocycles. The Bertz CT molecular complexity index is 291. The predicted molar refractivity (Wildman–Crippen MR) is 57.6 cm³/mol. The Morgan fingerprint density at radius 3 is 2.75 bits per heavy atom. The highest BCUT2D eigenvalue weighted by molar-refractivity contribution is 5.77. The Hall–Kier alpha value is -0.610. The van der Waals surface area contributed by atoms with Crippen molar-refractivity contribution in [2.24, 2.45) is 11.3 Å². The van der Waals surface area contributed by atoms with Crippen molar-refractivity contribution in [2.75, 3.05) is 0 Å². The van der Waals surface area contributed by atoms with Crippen molar-refractivity contribution in [1.29, 1.82) is 0 Å². The van der Waals surface area contributed by atoms with E-state index in [2.05, 4.69) is 0 Å². The quantitative estimate of drug-likeness (QED) is 0.653. The summed E-state index contributed by atoms with van der Waals surface area (Å²) in [6.07, 6.45) is 0.866. The molecule has 0 aromatic rings. The number of hydrogen-bond acceptors (Lipinski definition) is 4. The van der Waals surface area contributed by atoms with Crippen molar-refractivity contribution in [2.45, 2.75) is 57.8 Å². The molecule has 2 aliphatic rings. The van der Waals surface area contributed by atoms with E-state index in [0.29, 0.717) is 19.3 Å². The molecule has 5 unspecified atom stereocenters. The van der Waals surface area contributed by atoms with Gasteiger partial charge >= 0.3 is 5.97 Å². The molecular formula is C12H20O4. The average Bonchev–Trinajstić information content (AvgIpc) is 2.21. The van der Waals surface area contributed by atoms with Crippen LogP contribution in [-0.2, 0) is 9.53 Å². The van der Waals surface area contributed by atoms with Crippen molar-refractivity contribution in [1.82, 2.24) is 0 Å². The number of esters is 1. The molecule has 5 atom stereocenters. The van der Waals surface area contributed by atoms with Crippen LogP contribution in [0.2, 0.25) is 0 Å². The summed E-state index contributed by atoms with van der Waals surface area (Å²) >= 11 is 0. The highest BCUT2D eigenvalue weighted by Crippen LogP contribution is 2.43. The molecule has 92 valence electrons. The number of ether oxygens (including phenoxy) is 1. The SMILES string of the molecule is CCC1(C)CC2C(O)CC(O)CC2OC1=O. The van der Waals surface area contributed by atoms with E-state index < -0.39 is 17.6 Å². The van der Waals surface area contributed by atoms with Gasteiger partial charge in [-0.15, -0.1) is 0 Å². The maximum atomic E-state index is 11.8. The predicted octanol–water partition coefficient (Wildman–Crippen LogP) is 0.850. The Morgan fingerprint density at radius 2 is 2.12 bits per heavy atom. The fourth-order valence-corrected chi connectivity index (χ4v) is 2.82. The molecule has 1 saturated heterocycles. The van der Waals surface area contributed by atoms with Gasteiger partial charge in [-0.1, -0.05) is 6.92 Å². The second-order valence-corrected chi connectivity index (χ2v) is 5.42. The van der Waals surface area contributed by atoms with Gasteiger partial charge < -0.3 is 14.9 Å².